The van der Waals surface area contributed by atoms with Gasteiger partial charge >= 0.3 is 0 Å². The summed E-state index contributed by atoms with van der Waals surface area (Å²) in [7, 11) is -3.61. The minimum absolute atomic E-state index is 0.140. The number of aromatic nitrogens is 4. The van der Waals surface area contributed by atoms with Crippen LogP contribution in [0.3, 0.4) is 0 Å². The van der Waals surface area contributed by atoms with Crippen molar-refractivity contribution in [2.75, 3.05) is 31.1 Å². The second-order valence-electron chi connectivity index (χ2n) is 9.71. The van der Waals surface area contributed by atoms with Crippen molar-refractivity contribution in [3.05, 3.63) is 57.3 Å². The lowest BCUT2D eigenvalue weighted by atomic mass is 9.80. The summed E-state index contributed by atoms with van der Waals surface area (Å²) in [4.78, 5) is 13.9. The largest absolute Gasteiger partial charge is 0.376 e. The molecule has 2 aromatic heterocycles. The summed E-state index contributed by atoms with van der Waals surface area (Å²) in [5.41, 5.74) is 3.23. The lowest BCUT2D eigenvalue weighted by Crippen LogP contribution is -2.53. The van der Waals surface area contributed by atoms with Gasteiger partial charge in [-0.05, 0) is 56.2 Å². The number of nitrogens with two attached hydrogens (primary N) is 1. The van der Waals surface area contributed by atoms with Crippen LogP contribution in [0.4, 0.5) is 5.82 Å². The van der Waals surface area contributed by atoms with Crippen molar-refractivity contribution in [3.63, 3.8) is 0 Å². The molecular formula is C24H29Cl2N7O2S. The third-order valence-electron chi connectivity index (χ3n) is 7.19. The van der Waals surface area contributed by atoms with Crippen LogP contribution in [0.1, 0.15) is 37.1 Å². The van der Waals surface area contributed by atoms with E-state index in [1.807, 2.05) is 36.9 Å². The molecule has 0 unspecified atom stereocenters. The molecule has 0 bridgehead atoms. The Labute approximate surface area is 220 Å². The van der Waals surface area contributed by atoms with Gasteiger partial charge < -0.3 is 9.80 Å². The topological polar surface area (TPSA) is 110 Å². The lowest BCUT2D eigenvalue weighted by Gasteiger charge is -2.46. The fourth-order valence-electron chi connectivity index (χ4n) is 5.17. The molecular weight excluding hydrogens is 521 g/mol. The van der Waals surface area contributed by atoms with Crippen LogP contribution < -0.4 is 10.0 Å². The maximum Gasteiger partial charge on any atom is 0.232 e. The zero-order valence-electron chi connectivity index (χ0n) is 20.2. The number of hydrogen-bond donors (Lipinski definition) is 1. The van der Waals surface area contributed by atoms with Gasteiger partial charge in [-0.2, -0.15) is 5.10 Å². The quantitative estimate of drug-likeness (QED) is 0.495. The minimum Gasteiger partial charge on any atom is -0.376 e. The van der Waals surface area contributed by atoms with Crippen LogP contribution in [0.15, 0.2) is 36.0 Å². The van der Waals surface area contributed by atoms with E-state index in [0.29, 0.717) is 21.9 Å². The van der Waals surface area contributed by atoms with E-state index in [2.05, 4.69) is 14.8 Å². The summed E-state index contributed by atoms with van der Waals surface area (Å²) in [6, 6.07) is 5.34. The number of anilines is 1. The Balaban J connectivity index is 1.31. The molecule has 2 atom stereocenters. The Morgan fingerprint density at radius 2 is 1.97 bits per heavy atom. The number of benzene rings is 1. The Morgan fingerprint density at radius 3 is 2.69 bits per heavy atom. The van der Waals surface area contributed by atoms with Crippen molar-refractivity contribution in [3.8, 4) is 0 Å². The highest BCUT2D eigenvalue weighted by Gasteiger charge is 2.36. The Kier molecular flexibility index (Phi) is 6.88. The fraction of sp³-hybridized carbons (Fsp3) is 0.458. The molecule has 3 aromatic rings. The molecule has 0 radical (unpaired) electrons. The molecule has 0 amide bonds. The number of aryl methyl sites for hydroxylation is 1. The average molecular weight is 551 g/mol. The lowest BCUT2D eigenvalue weighted by molar-refractivity contribution is 0.154. The van der Waals surface area contributed by atoms with Gasteiger partial charge in [0.2, 0.25) is 10.0 Å². The molecule has 2 aliphatic rings. The van der Waals surface area contributed by atoms with Crippen molar-refractivity contribution in [2.45, 2.75) is 32.7 Å². The van der Waals surface area contributed by atoms with E-state index >= 15 is 0 Å². The molecule has 36 heavy (non-hydrogen) atoms. The number of rotatable bonds is 6. The van der Waals surface area contributed by atoms with Crippen LogP contribution in [0.2, 0.25) is 10.0 Å². The summed E-state index contributed by atoms with van der Waals surface area (Å²) < 4.78 is 24.4. The normalized spacial score (nSPS) is 20.3. The molecule has 5 rings (SSSR count). The highest BCUT2D eigenvalue weighted by Crippen LogP contribution is 2.35. The van der Waals surface area contributed by atoms with Crippen molar-refractivity contribution in [1.82, 2.24) is 24.6 Å². The van der Waals surface area contributed by atoms with Crippen molar-refractivity contribution >= 4 is 50.2 Å². The summed E-state index contributed by atoms with van der Waals surface area (Å²) in [6.45, 7) is 7.43. The molecule has 2 aliphatic heterocycles. The number of piperidine rings is 1. The number of nitrogens with zero attached hydrogens (tertiary/aromatic N) is 6. The van der Waals surface area contributed by atoms with E-state index in [0.717, 1.165) is 72.7 Å². The summed E-state index contributed by atoms with van der Waals surface area (Å²) in [6.07, 6.45) is 5.59. The van der Waals surface area contributed by atoms with E-state index < -0.39 is 10.0 Å². The van der Waals surface area contributed by atoms with E-state index in [9.17, 15) is 8.42 Å². The van der Waals surface area contributed by atoms with Crippen LogP contribution >= 0.6 is 23.2 Å². The number of likely N-dealkylation sites (tertiary alicyclic amines) is 1. The van der Waals surface area contributed by atoms with Gasteiger partial charge in [0.25, 0.3) is 0 Å². The maximum absolute atomic E-state index is 11.3. The zero-order valence-corrected chi connectivity index (χ0v) is 22.5. The molecule has 2 N–H and O–H groups in total. The van der Waals surface area contributed by atoms with Crippen molar-refractivity contribution < 1.29 is 8.42 Å². The first-order chi connectivity index (χ1) is 17.1. The second kappa shape index (κ2) is 9.81. The standard InChI is InChI=1S/C24H29Cl2N7O2S/c1-15-23-24(33(30-15)16(2)20-6-5-19(25)10-21(20)26)29-22(11-28-23)32-13-18(14-32)17-4-3-7-31(12-17)8-9-36(27,34)35/h5-6,8-11,16-18H,3-4,7,12-14H2,1-2H3,(H2,27,34,35)/t16-,17+/m1/s1. The predicted molar refractivity (Wildman–Crippen MR) is 143 cm³/mol. The van der Waals surface area contributed by atoms with Crippen LogP contribution in [0.5, 0.6) is 0 Å². The van der Waals surface area contributed by atoms with Gasteiger partial charge in [-0.15, -0.1) is 0 Å². The monoisotopic (exact) mass is 549 g/mol. The van der Waals surface area contributed by atoms with E-state index in [1.54, 1.807) is 12.3 Å². The average Bonchev–Trinajstić information content (AvgIpc) is 3.12. The highest BCUT2D eigenvalue weighted by atomic mass is 35.5. The number of halogens is 2. The second-order valence-corrected chi connectivity index (χ2v) is 12.0. The van der Waals surface area contributed by atoms with Crippen molar-refractivity contribution in [2.24, 2.45) is 17.0 Å². The zero-order chi connectivity index (χ0) is 25.6. The highest BCUT2D eigenvalue weighted by molar-refractivity contribution is 7.92. The molecule has 2 saturated heterocycles. The number of hydrogen-bond acceptors (Lipinski definition) is 7. The molecule has 12 heteroatoms. The van der Waals surface area contributed by atoms with E-state index in [-0.39, 0.29) is 6.04 Å². The third kappa shape index (κ3) is 5.18. The summed E-state index contributed by atoms with van der Waals surface area (Å²) in [5.74, 6) is 1.85. The van der Waals surface area contributed by atoms with Crippen molar-refractivity contribution in [1.29, 1.82) is 0 Å². The Morgan fingerprint density at radius 1 is 1.19 bits per heavy atom. The molecule has 9 nitrogen and oxygen atoms in total. The molecule has 4 heterocycles. The SMILES string of the molecule is Cc1nn([C@H](C)c2ccc(Cl)cc2Cl)c2nc(N3CC([C@H]4CCCN(C=CS(N)(=O)=O)C4)C3)cnc12. The first-order valence-corrected chi connectivity index (χ1v) is 14.3. The molecule has 1 aromatic carbocycles. The number of fused-ring (bicyclic) bond motifs is 1. The summed E-state index contributed by atoms with van der Waals surface area (Å²) in [5, 5.41) is 12.1. The van der Waals surface area contributed by atoms with Crippen LogP contribution in [0, 0.1) is 18.8 Å². The fourth-order valence-corrected chi connectivity index (χ4v) is 6.07. The first-order valence-electron chi connectivity index (χ1n) is 12.0. The third-order valence-corrected chi connectivity index (χ3v) is 8.25. The van der Waals surface area contributed by atoms with Gasteiger partial charge in [0.1, 0.15) is 11.3 Å². The smallest absolute Gasteiger partial charge is 0.232 e. The van der Waals surface area contributed by atoms with Gasteiger partial charge in [-0.1, -0.05) is 29.3 Å². The van der Waals surface area contributed by atoms with Crippen LogP contribution in [-0.4, -0.2) is 59.2 Å². The molecule has 192 valence electrons. The van der Waals surface area contributed by atoms with E-state index in [4.69, 9.17) is 38.4 Å². The molecule has 0 aliphatic carbocycles. The van der Waals surface area contributed by atoms with Gasteiger partial charge in [-0.25, -0.2) is 28.2 Å². The Hall–Kier alpha value is -2.40. The molecule has 2 fully saturated rings. The number of sulfonamides is 1. The predicted octanol–water partition coefficient (Wildman–Crippen LogP) is 3.96. The molecule has 0 spiro atoms. The van der Waals surface area contributed by atoms with Gasteiger partial charge in [0.05, 0.1) is 23.3 Å². The van der Waals surface area contributed by atoms with Crippen LogP contribution in [-0.2, 0) is 10.0 Å². The van der Waals surface area contributed by atoms with Gasteiger partial charge in [-0.3, -0.25) is 0 Å². The van der Waals surface area contributed by atoms with E-state index in [1.165, 1.54) is 0 Å². The van der Waals surface area contributed by atoms with Gasteiger partial charge in [0, 0.05) is 42.4 Å². The number of primary sulfonamides is 1. The summed E-state index contributed by atoms with van der Waals surface area (Å²) >= 11 is 12.6. The minimum atomic E-state index is -3.61. The van der Waals surface area contributed by atoms with Gasteiger partial charge in [0.15, 0.2) is 5.65 Å². The first kappa shape index (κ1) is 25.3. The molecule has 0 saturated carbocycles. The Bertz CT molecular complexity index is 1420. The van der Waals surface area contributed by atoms with Crippen LogP contribution in [0.25, 0.3) is 11.2 Å². The maximum atomic E-state index is 11.3.